The fourth-order valence-electron chi connectivity index (χ4n) is 2.47. The Morgan fingerprint density at radius 2 is 1.73 bits per heavy atom. The van der Waals surface area contributed by atoms with Gasteiger partial charge in [-0.05, 0) is 43.9 Å². The van der Waals surface area contributed by atoms with E-state index >= 15 is 0 Å². The lowest BCUT2D eigenvalue weighted by Crippen LogP contribution is -2.40. The fraction of sp³-hybridized carbons (Fsp3) is 0.538. The maximum Gasteiger partial charge on any atom is 0.391 e. The summed E-state index contributed by atoms with van der Waals surface area (Å²) < 4.78 is 77.4. The van der Waals surface area contributed by atoms with Gasteiger partial charge in [0.2, 0.25) is 10.0 Å². The Bertz CT molecular complexity index is 640. The van der Waals surface area contributed by atoms with Gasteiger partial charge in [0.15, 0.2) is 0 Å². The highest BCUT2D eigenvalue weighted by atomic mass is 35.5. The van der Waals surface area contributed by atoms with E-state index in [0.29, 0.717) is 0 Å². The van der Waals surface area contributed by atoms with Crippen molar-refractivity contribution in [3.63, 3.8) is 0 Å². The van der Waals surface area contributed by atoms with E-state index in [1.54, 1.807) is 0 Å². The molecular formula is C13H14ClF4NO2S. The number of benzene rings is 1. The zero-order valence-electron chi connectivity index (χ0n) is 11.3. The number of halogens is 5. The lowest BCUT2D eigenvalue weighted by molar-refractivity contribution is -0.182. The van der Waals surface area contributed by atoms with Crippen molar-refractivity contribution < 1.29 is 26.0 Å². The van der Waals surface area contributed by atoms with Crippen LogP contribution < -0.4 is 4.72 Å². The van der Waals surface area contributed by atoms with E-state index in [9.17, 15) is 26.0 Å². The largest absolute Gasteiger partial charge is 0.391 e. The first-order valence-corrected chi connectivity index (χ1v) is 8.50. The number of hydrogen-bond donors (Lipinski definition) is 1. The van der Waals surface area contributed by atoms with E-state index in [0.717, 1.165) is 18.2 Å². The van der Waals surface area contributed by atoms with Crippen molar-refractivity contribution in [2.75, 3.05) is 0 Å². The standard InChI is InChI=1S/C13H14ClF4NO2S/c14-11-7-10(5-6-12(11)15)22(20,21)19-9-3-1-8(2-4-9)13(16,17)18/h5-9,19H,1-4H2. The Morgan fingerprint density at radius 3 is 2.23 bits per heavy atom. The van der Waals surface area contributed by atoms with E-state index in [4.69, 9.17) is 11.6 Å². The van der Waals surface area contributed by atoms with Gasteiger partial charge in [-0.25, -0.2) is 17.5 Å². The second kappa shape index (κ2) is 6.33. The first-order chi connectivity index (χ1) is 10.1. The minimum absolute atomic E-state index is 0.109. The smallest absolute Gasteiger partial charge is 0.208 e. The van der Waals surface area contributed by atoms with Gasteiger partial charge in [0.25, 0.3) is 0 Å². The summed E-state index contributed by atoms with van der Waals surface area (Å²) in [5.41, 5.74) is 0. The van der Waals surface area contributed by atoms with Gasteiger partial charge in [-0.3, -0.25) is 0 Å². The number of sulfonamides is 1. The molecule has 1 aromatic rings. The van der Waals surface area contributed by atoms with Crippen LogP contribution in [0.3, 0.4) is 0 Å². The molecule has 1 aliphatic rings. The third-order valence-corrected chi connectivity index (χ3v) is 5.52. The summed E-state index contributed by atoms with van der Waals surface area (Å²) in [7, 11) is -3.93. The van der Waals surface area contributed by atoms with E-state index in [1.165, 1.54) is 0 Å². The zero-order valence-corrected chi connectivity index (χ0v) is 12.9. The maximum absolute atomic E-state index is 13.0. The molecule has 0 bridgehead atoms. The van der Waals surface area contributed by atoms with Crippen LogP contribution in [0.5, 0.6) is 0 Å². The highest BCUT2D eigenvalue weighted by Crippen LogP contribution is 2.37. The van der Waals surface area contributed by atoms with Gasteiger partial charge in [0.05, 0.1) is 15.8 Å². The minimum Gasteiger partial charge on any atom is -0.208 e. The van der Waals surface area contributed by atoms with Crippen molar-refractivity contribution >= 4 is 21.6 Å². The topological polar surface area (TPSA) is 46.2 Å². The van der Waals surface area contributed by atoms with Gasteiger partial charge >= 0.3 is 6.18 Å². The van der Waals surface area contributed by atoms with Crippen LogP contribution in [0.1, 0.15) is 25.7 Å². The molecule has 1 fully saturated rings. The Balaban J connectivity index is 2.03. The molecule has 0 unspecified atom stereocenters. The average molecular weight is 360 g/mol. The predicted octanol–water partition coefficient (Wildman–Crippen LogP) is 3.88. The van der Waals surface area contributed by atoms with Gasteiger partial charge in [-0.1, -0.05) is 11.6 Å². The van der Waals surface area contributed by atoms with Gasteiger partial charge in [-0.15, -0.1) is 0 Å². The van der Waals surface area contributed by atoms with E-state index in [2.05, 4.69) is 4.72 Å². The Morgan fingerprint density at radius 1 is 1.14 bits per heavy atom. The van der Waals surface area contributed by atoms with Crippen molar-refractivity contribution in [1.82, 2.24) is 4.72 Å². The van der Waals surface area contributed by atoms with Crippen molar-refractivity contribution in [1.29, 1.82) is 0 Å². The highest BCUT2D eigenvalue weighted by Gasteiger charge is 2.41. The Labute approximate surface area is 130 Å². The molecule has 1 aliphatic carbocycles. The second-order valence-corrected chi connectivity index (χ2v) is 7.41. The minimum atomic E-state index is -4.24. The van der Waals surface area contributed by atoms with Gasteiger partial charge in [0.1, 0.15) is 5.82 Å². The van der Waals surface area contributed by atoms with Gasteiger partial charge in [-0.2, -0.15) is 13.2 Å². The van der Waals surface area contributed by atoms with Crippen LogP contribution in [0, 0.1) is 11.7 Å². The molecule has 0 amide bonds. The molecule has 0 aromatic heterocycles. The molecule has 0 radical (unpaired) electrons. The SMILES string of the molecule is O=S(=O)(NC1CCC(C(F)(F)F)CC1)c1ccc(F)c(Cl)c1. The summed E-state index contributed by atoms with van der Waals surface area (Å²) in [6.07, 6.45) is -4.24. The lowest BCUT2D eigenvalue weighted by Gasteiger charge is -2.30. The lowest BCUT2D eigenvalue weighted by atomic mass is 9.86. The fourth-order valence-corrected chi connectivity index (χ4v) is 4.05. The second-order valence-electron chi connectivity index (χ2n) is 5.29. The molecular weight excluding hydrogens is 346 g/mol. The number of alkyl halides is 3. The number of nitrogens with one attached hydrogen (secondary N) is 1. The third kappa shape index (κ3) is 4.11. The van der Waals surface area contributed by atoms with Crippen LogP contribution in [-0.4, -0.2) is 20.6 Å². The molecule has 3 nitrogen and oxygen atoms in total. The molecule has 0 aliphatic heterocycles. The van der Waals surface area contributed by atoms with Gasteiger partial charge < -0.3 is 0 Å². The summed E-state index contributed by atoms with van der Waals surface area (Å²) in [5, 5.41) is -0.330. The average Bonchev–Trinajstić information content (AvgIpc) is 2.41. The van der Waals surface area contributed by atoms with E-state index in [-0.39, 0.29) is 35.6 Å². The Kier molecular flexibility index (Phi) is 5.03. The molecule has 1 N–H and O–H groups in total. The summed E-state index contributed by atoms with van der Waals surface area (Å²) in [5.74, 6) is -2.13. The molecule has 2 rings (SSSR count). The summed E-state index contributed by atoms with van der Waals surface area (Å²) in [6, 6.07) is 2.40. The molecule has 1 saturated carbocycles. The molecule has 9 heteroatoms. The molecule has 124 valence electrons. The van der Waals surface area contributed by atoms with E-state index in [1.807, 2.05) is 0 Å². The first kappa shape index (κ1) is 17.5. The monoisotopic (exact) mass is 359 g/mol. The highest BCUT2D eigenvalue weighted by molar-refractivity contribution is 7.89. The van der Waals surface area contributed by atoms with E-state index < -0.39 is 34.0 Å². The van der Waals surface area contributed by atoms with Crippen molar-refractivity contribution in [3.8, 4) is 0 Å². The van der Waals surface area contributed by atoms with Crippen molar-refractivity contribution in [2.24, 2.45) is 5.92 Å². The molecule has 1 aromatic carbocycles. The normalized spacial score (nSPS) is 23.5. The summed E-state index contributed by atoms with van der Waals surface area (Å²) >= 11 is 5.54. The first-order valence-electron chi connectivity index (χ1n) is 6.63. The zero-order chi connectivity index (χ0) is 16.5. The molecule has 0 saturated heterocycles. The van der Waals surface area contributed by atoms with Crippen LogP contribution in [0.25, 0.3) is 0 Å². The summed E-state index contributed by atoms with van der Waals surface area (Å²) in [6.45, 7) is 0. The maximum atomic E-state index is 13.0. The van der Waals surface area contributed by atoms with Crippen LogP contribution >= 0.6 is 11.6 Å². The number of hydrogen-bond acceptors (Lipinski definition) is 2. The van der Waals surface area contributed by atoms with Crippen LogP contribution in [0.15, 0.2) is 23.1 Å². The van der Waals surface area contributed by atoms with Crippen LogP contribution in [-0.2, 0) is 10.0 Å². The molecule has 0 heterocycles. The quantitative estimate of drug-likeness (QED) is 0.832. The van der Waals surface area contributed by atoms with Crippen LogP contribution in [0.2, 0.25) is 5.02 Å². The summed E-state index contributed by atoms with van der Waals surface area (Å²) in [4.78, 5) is -0.211. The molecule has 0 atom stereocenters. The molecule has 22 heavy (non-hydrogen) atoms. The third-order valence-electron chi connectivity index (χ3n) is 3.71. The predicted molar refractivity (Wildman–Crippen MR) is 73.5 cm³/mol. The van der Waals surface area contributed by atoms with Crippen LogP contribution in [0.4, 0.5) is 17.6 Å². The van der Waals surface area contributed by atoms with Crippen molar-refractivity contribution in [2.45, 2.75) is 42.8 Å². The van der Waals surface area contributed by atoms with Crippen molar-refractivity contribution in [3.05, 3.63) is 29.0 Å². The molecule has 0 spiro atoms. The number of rotatable bonds is 3. The van der Waals surface area contributed by atoms with Gasteiger partial charge in [0, 0.05) is 6.04 Å². The Hall–Kier alpha value is -0.860.